The summed E-state index contributed by atoms with van der Waals surface area (Å²) >= 11 is 0. The van der Waals surface area contributed by atoms with Crippen LogP contribution in [0.4, 0.5) is 5.82 Å². The number of benzene rings is 1. The fourth-order valence-corrected chi connectivity index (χ4v) is 5.06. The van der Waals surface area contributed by atoms with Crippen LogP contribution in [-0.4, -0.2) is 47.9 Å². The van der Waals surface area contributed by atoms with Crippen LogP contribution >= 0.6 is 0 Å². The second kappa shape index (κ2) is 7.62. The summed E-state index contributed by atoms with van der Waals surface area (Å²) in [6.45, 7) is 6.13. The highest BCUT2D eigenvalue weighted by atomic mass is 32.2. The molecular formula is C20H25N5O3S. The molecule has 1 fully saturated rings. The van der Waals surface area contributed by atoms with Gasteiger partial charge < -0.3 is 10.2 Å². The number of aromatic nitrogens is 2. The fourth-order valence-electron chi connectivity index (χ4n) is 3.83. The standard InChI is InChI=1S/C20H25N5O3S/c1-14(2)13-25-18(7-10-21-25)22-20(26)15-8-11-24(12-9-15)19-16-5-3-4-6-17(16)29(27,28)23-19/h3-7,10,14-15H,8-9,11-13H2,1-2H3,(H,22,26). The number of amides is 1. The summed E-state index contributed by atoms with van der Waals surface area (Å²) in [4.78, 5) is 15.0. The van der Waals surface area contributed by atoms with Crippen molar-refractivity contribution in [2.75, 3.05) is 18.4 Å². The van der Waals surface area contributed by atoms with Gasteiger partial charge in [0.25, 0.3) is 10.0 Å². The molecule has 0 radical (unpaired) electrons. The Morgan fingerprint density at radius 1 is 1.21 bits per heavy atom. The van der Waals surface area contributed by atoms with Crippen molar-refractivity contribution in [3.63, 3.8) is 0 Å². The maximum Gasteiger partial charge on any atom is 0.285 e. The first-order valence-corrected chi connectivity index (χ1v) is 11.3. The van der Waals surface area contributed by atoms with Crippen LogP contribution in [0.25, 0.3) is 0 Å². The minimum Gasteiger partial charge on any atom is -0.355 e. The van der Waals surface area contributed by atoms with Gasteiger partial charge in [-0.3, -0.25) is 4.79 Å². The molecule has 1 N–H and O–H groups in total. The van der Waals surface area contributed by atoms with Crippen LogP contribution in [0.15, 0.2) is 45.8 Å². The number of carbonyl (C=O) groups excluding carboxylic acids is 1. The molecule has 1 aromatic carbocycles. The average molecular weight is 416 g/mol. The SMILES string of the molecule is CC(C)Cn1nccc1NC(=O)C1CCN(C2=NS(=O)(=O)c3ccccc32)CC1. The molecule has 2 aromatic rings. The number of anilines is 1. The van der Waals surface area contributed by atoms with Crippen molar-refractivity contribution in [2.45, 2.75) is 38.1 Å². The van der Waals surface area contributed by atoms with Crippen molar-refractivity contribution in [2.24, 2.45) is 16.2 Å². The molecule has 2 aliphatic rings. The van der Waals surface area contributed by atoms with E-state index >= 15 is 0 Å². The second-order valence-corrected chi connectivity index (χ2v) is 9.50. The molecule has 4 rings (SSSR count). The largest absolute Gasteiger partial charge is 0.355 e. The zero-order chi connectivity index (χ0) is 20.6. The molecule has 154 valence electrons. The minimum absolute atomic E-state index is 0.0171. The number of nitrogens with zero attached hydrogens (tertiary/aromatic N) is 4. The Balaban J connectivity index is 1.40. The van der Waals surface area contributed by atoms with Gasteiger partial charge >= 0.3 is 0 Å². The van der Waals surface area contributed by atoms with Gasteiger partial charge in [-0.1, -0.05) is 26.0 Å². The number of carbonyl (C=O) groups is 1. The van der Waals surface area contributed by atoms with E-state index in [0.29, 0.717) is 49.1 Å². The van der Waals surface area contributed by atoms with Crippen LogP contribution in [-0.2, 0) is 21.4 Å². The molecule has 1 saturated heterocycles. The smallest absolute Gasteiger partial charge is 0.285 e. The highest BCUT2D eigenvalue weighted by molar-refractivity contribution is 7.90. The number of sulfonamides is 1. The number of likely N-dealkylation sites (tertiary alicyclic amines) is 1. The Hall–Kier alpha value is -2.68. The van der Waals surface area contributed by atoms with Gasteiger partial charge in [0, 0.05) is 37.2 Å². The van der Waals surface area contributed by atoms with Gasteiger partial charge in [-0.25, -0.2) is 4.68 Å². The molecule has 1 amide bonds. The van der Waals surface area contributed by atoms with E-state index in [1.54, 1.807) is 24.4 Å². The van der Waals surface area contributed by atoms with Gasteiger partial charge in [-0.15, -0.1) is 4.40 Å². The number of hydrogen-bond acceptors (Lipinski definition) is 5. The minimum atomic E-state index is -3.63. The normalized spacial score (nSPS) is 18.6. The molecule has 9 heteroatoms. The maximum absolute atomic E-state index is 12.7. The van der Waals surface area contributed by atoms with Gasteiger partial charge in [-0.05, 0) is 30.9 Å². The van der Waals surface area contributed by atoms with E-state index in [1.807, 2.05) is 21.7 Å². The summed E-state index contributed by atoms with van der Waals surface area (Å²) in [5.41, 5.74) is 0.646. The summed E-state index contributed by atoms with van der Waals surface area (Å²) in [5.74, 6) is 1.50. The van der Waals surface area contributed by atoms with Crippen molar-refractivity contribution in [3.8, 4) is 0 Å². The Morgan fingerprint density at radius 3 is 2.66 bits per heavy atom. The van der Waals surface area contributed by atoms with E-state index < -0.39 is 10.0 Å². The average Bonchev–Trinajstić information content (AvgIpc) is 3.23. The van der Waals surface area contributed by atoms with E-state index in [9.17, 15) is 13.2 Å². The molecule has 0 spiro atoms. The number of piperidine rings is 1. The van der Waals surface area contributed by atoms with Crippen molar-refractivity contribution < 1.29 is 13.2 Å². The first kappa shape index (κ1) is 19.6. The number of amidine groups is 1. The third-order valence-corrected chi connectivity index (χ3v) is 6.61. The van der Waals surface area contributed by atoms with E-state index in [4.69, 9.17) is 0 Å². The molecule has 1 aromatic heterocycles. The quantitative estimate of drug-likeness (QED) is 0.827. The third kappa shape index (κ3) is 3.91. The molecule has 0 saturated carbocycles. The lowest BCUT2D eigenvalue weighted by Gasteiger charge is -2.32. The molecule has 0 aliphatic carbocycles. The second-order valence-electron chi connectivity index (χ2n) is 7.93. The third-order valence-electron chi connectivity index (χ3n) is 5.28. The zero-order valence-corrected chi connectivity index (χ0v) is 17.4. The molecule has 29 heavy (non-hydrogen) atoms. The molecule has 3 heterocycles. The first-order valence-electron chi connectivity index (χ1n) is 9.87. The fraction of sp³-hybridized carbons (Fsp3) is 0.450. The number of nitrogens with one attached hydrogen (secondary N) is 1. The van der Waals surface area contributed by atoms with Crippen LogP contribution in [0.5, 0.6) is 0 Å². The van der Waals surface area contributed by atoms with Crippen LogP contribution in [0.2, 0.25) is 0 Å². The van der Waals surface area contributed by atoms with Gasteiger partial charge in [0.15, 0.2) is 5.84 Å². The Kier molecular flexibility index (Phi) is 5.16. The topological polar surface area (TPSA) is 96.7 Å². The summed E-state index contributed by atoms with van der Waals surface area (Å²) < 4.78 is 30.4. The first-order chi connectivity index (χ1) is 13.8. The highest BCUT2D eigenvalue weighted by Gasteiger charge is 2.34. The van der Waals surface area contributed by atoms with Crippen LogP contribution in [0, 0.1) is 11.8 Å². The van der Waals surface area contributed by atoms with Crippen LogP contribution in [0.3, 0.4) is 0 Å². The molecule has 8 nitrogen and oxygen atoms in total. The highest BCUT2D eigenvalue weighted by Crippen LogP contribution is 2.30. The predicted molar refractivity (Wildman–Crippen MR) is 110 cm³/mol. The molecule has 0 bridgehead atoms. The summed E-state index contributed by atoms with van der Waals surface area (Å²) in [5, 5.41) is 7.27. The molecule has 0 unspecified atom stereocenters. The predicted octanol–water partition coefficient (Wildman–Crippen LogP) is 2.34. The summed E-state index contributed by atoms with van der Waals surface area (Å²) in [7, 11) is -3.63. The van der Waals surface area contributed by atoms with Gasteiger partial charge in [0.2, 0.25) is 5.91 Å². The van der Waals surface area contributed by atoms with Crippen LogP contribution < -0.4 is 5.32 Å². The summed E-state index contributed by atoms with van der Waals surface area (Å²) in [6, 6.07) is 8.70. The van der Waals surface area contributed by atoms with Gasteiger partial charge in [-0.2, -0.15) is 13.5 Å². The number of fused-ring (bicyclic) bond motifs is 1. The Bertz CT molecular complexity index is 1050. The molecule has 0 atom stereocenters. The van der Waals surface area contributed by atoms with Gasteiger partial charge in [0.1, 0.15) is 10.7 Å². The Morgan fingerprint density at radius 2 is 1.93 bits per heavy atom. The zero-order valence-electron chi connectivity index (χ0n) is 16.6. The lowest BCUT2D eigenvalue weighted by Crippen LogP contribution is -2.41. The van der Waals surface area contributed by atoms with Crippen molar-refractivity contribution >= 4 is 27.6 Å². The van der Waals surface area contributed by atoms with Crippen molar-refractivity contribution in [1.29, 1.82) is 0 Å². The lowest BCUT2D eigenvalue weighted by molar-refractivity contribution is -0.121. The monoisotopic (exact) mass is 415 g/mol. The summed E-state index contributed by atoms with van der Waals surface area (Å²) in [6.07, 6.45) is 2.98. The van der Waals surface area contributed by atoms with Gasteiger partial charge in [0.05, 0.1) is 6.20 Å². The number of hydrogen-bond donors (Lipinski definition) is 1. The lowest BCUT2D eigenvalue weighted by atomic mass is 9.95. The van der Waals surface area contributed by atoms with E-state index in [2.05, 4.69) is 28.7 Å². The maximum atomic E-state index is 12.7. The Labute approximate surface area is 170 Å². The van der Waals surface area contributed by atoms with Crippen molar-refractivity contribution in [3.05, 3.63) is 42.1 Å². The van der Waals surface area contributed by atoms with E-state index in [-0.39, 0.29) is 16.7 Å². The molecular weight excluding hydrogens is 390 g/mol. The molecule has 2 aliphatic heterocycles. The van der Waals surface area contributed by atoms with E-state index in [1.165, 1.54) is 0 Å². The van der Waals surface area contributed by atoms with Crippen molar-refractivity contribution in [1.82, 2.24) is 14.7 Å². The van der Waals surface area contributed by atoms with Crippen LogP contribution in [0.1, 0.15) is 32.3 Å². The number of rotatable bonds is 4. The van der Waals surface area contributed by atoms with E-state index in [0.717, 1.165) is 6.54 Å².